The van der Waals surface area contributed by atoms with E-state index >= 15 is 0 Å². The molecule has 0 aliphatic heterocycles. The molecular weight excluding hydrogens is 406 g/mol. The van der Waals surface area contributed by atoms with Gasteiger partial charge in [0.2, 0.25) is 5.89 Å². The molecule has 0 saturated carbocycles. The number of fused-ring (bicyclic) bond motifs is 1. The lowest BCUT2D eigenvalue weighted by atomic mass is 10.2. The van der Waals surface area contributed by atoms with Crippen LogP contribution in [0, 0.1) is 6.92 Å². The Bertz CT molecular complexity index is 1410. The van der Waals surface area contributed by atoms with Gasteiger partial charge in [0.05, 0.1) is 28.5 Å². The standard InChI is InChI=1S/C25H19N3O2S/c1-17-11-13-19(14-12-17)28-24(29)20-9-5-6-10-21(20)27-25(28)31-16-23-26-15-22(30-23)18-7-3-2-4-8-18/h2-15H,16H2,1H3. The van der Waals surface area contributed by atoms with Gasteiger partial charge in [-0.05, 0) is 31.2 Å². The molecule has 0 spiro atoms. The van der Waals surface area contributed by atoms with Crippen LogP contribution >= 0.6 is 11.8 Å². The van der Waals surface area contributed by atoms with Crippen molar-refractivity contribution in [3.8, 4) is 17.0 Å². The number of rotatable bonds is 5. The van der Waals surface area contributed by atoms with Crippen molar-refractivity contribution >= 4 is 22.7 Å². The molecule has 0 saturated heterocycles. The number of oxazole rings is 1. The fourth-order valence-corrected chi connectivity index (χ4v) is 4.24. The quantitative estimate of drug-likeness (QED) is 0.269. The third-order valence-corrected chi connectivity index (χ3v) is 5.90. The van der Waals surface area contributed by atoms with Gasteiger partial charge in [0.1, 0.15) is 0 Å². The van der Waals surface area contributed by atoms with Gasteiger partial charge < -0.3 is 4.42 Å². The smallest absolute Gasteiger partial charge is 0.266 e. The van der Waals surface area contributed by atoms with E-state index in [1.165, 1.54) is 11.8 Å². The van der Waals surface area contributed by atoms with Crippen LogP contribution in [0.15, 0.2) is 99.4 Å². The minimum atomic E-state index is -0.0886. The van der Waals surface area contributed by atoms with Crippen LogP contribution in [0.5, 0.6) is 0 Å². The summed E-state index contributed by atoms with van der Waals surface area (Å²) in [7, 11) is 0. The normalized spacial score (nSPS) is 11.1. The zero-order chi connectivity index (χ0) is 21.2. The fraction of sp³-hybridized carbons (Fsp3) is 0.0800. The molecular formula is C25H19N3O2S. The summed E-state index contributed by atoms with van der Waals surface area (Å²) >= 11 is 1.43. The summed E-state index contributed by atoms with van der Waals surface area (Å²) in [6, 6.07) is 25.1. The zero-order valence-corrected chi connectivity index (χ0v) is 17.7. The highest BCUT2D eigenvalue weighted by Gasteiger charge is 2.15. The minimum Gasteiger partial charge on any atom is -0.440 e. The number of hydrogen-bond acceptors (Lipinski definition) is 5. The second-order valence-electron chi connectivity index (χ2n) is 7.16. The number of aryl methyl sites for hydroxylation is 1. The van der Waals surface area contributed by atoms with Crippen molar-refractivity contribution in [2.75, 3.05) is 0 Å². The summed E-state index contributed by atoms with van der Waals surface area (Å²) in [5.74, 6) is 1.77. The molecule has 0 amide bonds. The van der Waals surface area contributed by atoms with Gasteiger partial charge >= 0.3 is 0 Å². The predicted molar refractivity (Wildman–Crippen MR) is 124 cm³/mol. The average molecular weight is 426 g/mol. The molecule has 0 aliphatic carbocycles. The minimum absolute atomic E-state index is 0.0886. The molecule has 3 aromatic carbocycles. The first-order valence-electron chi connectivity index (χ1n) is 9.91. The third kappa shape index (κ3) is 3.90. The van der Waals surface area contributed by atoms with Gasteiger partial charge in [0.25, 0.3) is 5.56 Å². The molecule has 152 valence electrons. The lowest BCUT2D eigenvalue weighted by Gasteiger charge is -2.13. The Morgan fingerprint density at radius 2 is 1.68 bits per heavy atom. The third-order valence-electron chi connectivity index (χ3n) is 4.97. The summed E-state index contributed by atoms with van der Waals surface area (Å²) in [6.45, 7) is 2.02. The highest BCUT2D eigenvalue weighted by atomic mass is 32.2. The van der Waals surface area contributed by atoms with Crippen LogP contribution in [-0.4, -0.2) is 14.5 Å². The van der Waals surface area contributed by atoms with Gasteiger partial charge in [-0.25, -0.2) is 9.97 Å². The number of thioether (sulfide) groups is 1. The van der Waals surface area contributed by atoms with Crippen LogP contribution in [0.25, 0.3) is 27.9 Å². The monoisotopic (exact) mass is 425 g/mol. The molecule has 0 aliphatic rings. The van der Waals surface area contributed by atoms with Crippen molar-refractivity contribution in [2.24, 2.45) is 0 Å². The Morgan fingerprint density at radius 3 is 2.48 bits per heavy atom. The van der Waals surface area contributed by atoms with Crippen LogP contribution in [0.1, 0.15) is 11.5 Å². The summed E-state index contributed by atoms with van der Waals surface area (Å²) in [6.07, 6.45) is 1.73. The lowest BCUT2D eigenvalue weighted by molar-refractivity contribution is 0.529. The summed E-state index contributed by atoms with van der Waals surface area (Å²) in [4.78, 5) is 22.5. The Balaban J connectivity index is 1.52. The SMILES string of the molecule is Cc1ccc(-n2c(SCc3ncc(-c4ccccc4)o3)nc3ccccc3c2=O)cc1. The van der Waals surface area contributed by atoms with Crippen molar-refractivity contribution in [1.82, 2.24) is 14.5 Å². The number of benzene rings is 3. The molecule has 0 radical (unpaired) electrons. The zero-order valence-electron chi connectivity index (χ0n) is 16.9. The highest BCUT2D eigenvalue weighted by molar-refractivity contribution is 7.98. The van der Waals surface area contributed by atoms with Gasteiger partial charge in [-0.1, -0.05) is 71.9 Å². The number of nitrogens with zero attached hydrogens (tertiary/aromatic N) is 3. The van der Waals surface area contributed by atoms with E-state index in [1.807, 2.05) is 85.8 Å². The van der Waals surface area contributed by atoms with Crippen LogP contribution in [0.4, 0.5) is 0 Å². The van der Waals surface area contributed by atoms with E-state index < -0.39 is 0 Å². The number of aromatic nitrogens is 3. The Kier molecular flexibility index (Phi) is 5.14. The van der Waals surface area contributed by atoms with Crippen LogP contribution < -0.4 is 5.56 Å². The molecule has 5 nitrogen and oxygen atoms in total. The Labute approximate surface area is 183 Å². The second kappa shape index (κ2) is 8.24. The first-order valence-corrected chi connectivity index (χ1v) is 10.9. The van der Waals surface area contributed by atoms with Crippen molar-refractivity contribution in [1.29, 1.82) is 0 Å². The number of para-hydroxylation sites is 1. The predicted octanol–water partition coefficient (Wildman–Crippen LogP) is 5.64. The molecule has 0 unspecified atom stereocenters. The number of hydrogen-bond donors (Lipinski definition) is 0. The first kappa shape index (κ1) is 19.3. The Morgan fingerprint density at radius 1 is 0.935 bits per heavy atom. The molecule has 5 aromatic rings. The molecule has 2 aromatic heterocycles. The molecule has 31 heavy (non-hydrogen) atoms. The van der Waals surface area contributed by atoms with Gasteiger partial charge in [-0.3, -0.25) is 9.36 Å². The molecule has 5 rings (SSSR count). The maximum atomic E-state index is 13.3. The van der Waals surface area contributed by atoms with E-state index in [0.717, 1.165) is 22.6 Å². The van der Waals surface area contributed by atoms with E-state index in [4.69, 9.17) is 9.40 Å². The van der Waals surface area contributed by atoms with Crippen LogP contribution in [-0.2, 0) is 5.75 Å². The van der Waals surface area contributed by atoms with Crippen LogP contribution in [0.2, 0.25) is 0 Å². The van der Waals surface area contributed by atoms with Gasteiger partial charge in [-0.2, -0.15) is 0 Å². The topological polar surface area (TPSA) is 60.9 Å². The van der Waals surface area contributed by atoms with E-state index in [1.54, 1.807) is 10.8 Å². The van der Waals surface area contributed by atoms with Gasteiger partial charge in [0, 0.05) is 5.56 Å². The summed E-state index contributed by atoms with van der Waals surface area (Å²) < 4.78 is 7.58. The molecule has 0 bridgehead atoms. The van der Waals surface area contributed by atoms with Crippen molar-refractivity contribution in [2.45, 2.75) is 17.8 Å². The summed E-state index contributed by atoms with van der Waals surface area (Å²) in [5.41, 5.74) is 3.48. The van der Waals surface area contributed by atoms with Gasteiger partial charge in [0.15, 0.2) is 10.9 Å². The maximum Gasteiger partial charge on any atom is 0.266 e. The van der Waals surface area contributed by atoms with Crippen LogP contribution in [0.3, 0.4) is 0 Å². The molecule has 6 heteroatoms. The van der Waals surface area contributed by atoms with E-state index in [2.05, 4.69) is 4.98 Å². The molecule has 0 N–H and O–H groups in total. The van der Waals surface area contributed by atoms with Crippen molar-refractivity contribution in [3.63, 3.8) is 0 Å². The Hall–Kier alpha value is -3.64. The largest absolute Gasteiger partial charge is 0.440 e. The van der Waals surface area contributed by atoms with Crippen molar-refractivity contribution in [3.05, 3.63) is 107 Å². The molecule has 2 heterocycles. The molecule has 0 atom stereocenters. The summed E-state index contributed by atoms with van der Waals surface area (Å²) in [5, 5.41) is 1.20. The average Bonchev–Trinajstić information content (AvgIpc) is 3.28. The molecule has 0 fully saturated rings. The van der Waals surface area contributed by atoms with E-state index in [-0.39, 0.29) is 5.56 Å². The maximum absolute atomic E-state index is 13.3. The van der Waals surface area contributed by atoms with Gasteiger partial charge in [-0.15, -0.1) is 0 Å². The lowest BCUT2D eigenvalue weighted by Crippen LogP contribution is -2.21. The second-order valence-corrected chi connectivity index (χ2v) is 8.10. The highest BCUT2D eigenvalue weighted by Crippen LogP contribution is 2.27. The van der Waals surface area contributed by atoms with Crippen molar-refractivity contribution < 1.29 is 4.42 Å². The first-order chi connectivity index (χ1) is 15.2. The fourth-order valence-electron chi connectivity index (χ4n) is 3.37. The van der Waals surface area contributed by atoms with E-state index in [0.29, 0.717) is 27.7 Å². The van der Waals surface area contributed by atoms with E-state index in [9.17, 15) is 4.79 Å².